The zero-order valence-electron chi connectivity index (χ0n) is 12.6. The summed E-state index contributed by atoms with van der Waals surface area (Å²) in [5.74, 6) is 2.27. The van der Waals surface area contributed by atoms with Crippen molar-refractivity contribution < 1.29 is 9.90 Å². The monoisotopic (exact) mass is 328 g/mol. The molecular formula is C15H24N2O2S2. The van der Waals surface area contributed by atoms with Crippen molar-refractivity contribution in [2.75, 3.05) is 24.6 Å². The van der Waals surface area contributed by atoms with E-state index in [-0.39, 0.29) is 18.0 Å². The van der Waals surface area contributed by atoms with Crippen molar-refractivity contribution in [1.29, 1.82) is 0 Å². The predicted octanol–water partition coefficient (Wildman–Crippen LogP) is 2.11. The topological polar surface area (TPSA) is 52.6 Å². The first kappa shape index (κ1) is 16.8. The summed E-state index contributed by atoms with van der Waals surface area (Å²) in [7, 11) is 0. The molecule has 4 nitrogen and oxygen atoms in total. The van der Waals surface area contributed by atoms with Crippen molar-refractivity contribution in [3.8, 4) is 0 Å². The molecule has 0 unspecified atom stereocenters. The third-order valence-corrected chi connectivity index (χ3v) is 5.73. The largest absolute Gasteiger partial charge is 0.387 e. The molecule has 0 saturated carbocycles. The van der Waals surface area contributed by atoms with Crippen molar-refractivity contribution in [2.24, 2.45) is 0 Å². The van der Waals surface area contributed by atoms with E-state index in [4.69, 9.17) is 0 Å². The molecule has 2 rings (SSSR count). The van der Waals surface area contributed by atoms with Crippen LogP contribution in [0.15, 0.2) is 17.5 Å². The molecule has 0 aromatic carbocycles. The summed E-state index contributed by atoms with van der Waals surface area (Å²) in [5, 5.41) is 15.1. The number of hydrogen-bond donors (Lipinski definition) is 2. The lowest BCUT2D eigenvalue weighted by Gasteiger charge is -2.32. The number of hydrogen-bond acceptors (Lipinski definition) is 5. The second kappa shape index (κ2) is 8.17. The molecule has 3 atom stereocenters. The van der Waals surface area contributed by atoms with E-state index in [1.807, 2.05) is 43.1 Å². The molecule has 1 aromatic rings. The third-order valence-electron chi connectivity index (χ3n) is 3.81. The Morgan fingerprint density at radius 1 is 1.43 bits per heavy atom. The summed E-state index contributed by atoms with van der Waals surface area (Å²) < 4.78 is 0. The van der Waals surface area contributed by atoms with Crippen molar-refractivity contribution >= 4 is 29.0 Å². The number of carbonyl (C=O) groups is 1. The molecule has 0 aliphatic carbocycles. The van der Waals surface area contributed by atoms with Gasteiger partial charge in [-0.15, -0.1) is 11.3 Å². The van der Waals surface area contributed by atoms with Gasteiger partial charge in [-0.25, -0.2) is 0 Å². The Bertz CT molecular complexity index is 433. The number of thiophene rings is 1. The minimum Gasteiger partial charge on any atom is -0.387 e. The highest BCUT2D eigenvalue weighted by Crippen LogP contribution is 2.23. The van der Waals surface area contributed by atoms with Crippen LogP contribution < -0.4 is 5.32 Å². The van der Waals surface area contributed by atoms with Crippen LogP contribution in [0.5, 0.6) is 0 Å². The van der Waals surface area contributed by atoms with Crippen LogP contribution in [0, 0.1) is 0 Å². The van der Waals surface area contributed by atoms with Crippen LogP contribution in [0.1, 0.15) is 31.2 Å². The van der Waals surface area contributed by atoms with Crippen LogP contribution in [0.25, 0.3) is 0 Å². The molecule has 1 fully saturated rings. The number of rotatable bonds is 6. The molecule has 118 valence electrons. The molecule has 1 saturated heterocycles. The molecule has 2 N–H and O–H groups in total. The zero-order chi connectivity index (χ0) is 15.2. The van der Waals surface area contributed by atoms with Crippen LogP contribution in [-0.4, -0.2) is 52.6 Å². The van der Waals surface area contributed by atoms with Gasteiger partial charge in [-0.1, -0.05) is 6.07 Å². The standard InChI is InChI=1S/C15H24N2O2S2/c1-11(10-13(18)14-4-3-7-21-14)16-15(19)12(2)17-5-8-20-9-6-17/h3-4,7,11-13,18H,5-6,8-10H2,1-2H3,(H,16,19)/t11-,12+,13+/m1/s1. The minimum atomic E-state index is -0.498. The predicted molar refractivity (Wildman–Crippen MR) is 89.9 cm³/mol. The molecule has 6 heteroatoms. The quantitative estimate of drug-likeness (QED) is 0.840. The van der Waals surface area contributed by atoms with E-state index in [1.165, 1.54) is 0 Å². The van der Waals surface area contributed by atoms with Gasteiger partial charge in [0.2, 0.25) is 5.91 Å². The average Bonchev–Trinajstić information content (AvgIpc) is 3.01. The highest BCUT2D eigenvalue weighted by molar-refractivity contribution is 7.99. The summed E-state index contributed by atoms with van der Waals surface area (Å²) in [6, 6.07) is 3.74. The van der Waals surface area contributed by atoms with Gasteiger partial charge < -0.3 is 10.4 Å². The normalized spacial score (nSPS) is 20.7. The Kier molecular flexibility index (Phi) is 6.54. The minimum absolute atomic E-state index is 0.0313. The Balaban J connectivity index is 1.78. The molecule has 21 heavy (non-hydrogen) atoms. The van der Waals surface area contributed by atoms with E-state index in [1.54, 1.807) is 11.3 Å². The lowest BCUT2D eigenvalue weighted by atomic mass is 10.1. The summed E-state index contributed by atoms with van der Waals surface area (Å²) in [6.07, 6.45) is 0.0523. The lowest BCUT2D eigenvalue weighted by Crippen LogP contribution is -2.50. The van der Waals surface area contributed by atoms with Gasteiger partial charge in [-0.2, -0.15) is 11.8 Å². The number of nitrogens with zero attached hydrogens (tertiary/aromatic N) is 1. The number of thioether (sulfide) groups is 1. The number of aliphatic hydroxyl groups excluding tert-OH is 1. The molecule has 1 aliphatic rings. The fourth-order valence-electron chi connectivity index (χ4n) is 2.48. The maximum Gasteiger partial charge on any atom is 0.237 e. The van der Waals surface area contributed by atoms with Crippen molar-refractivity contribution in [1.82, 2.24) is 10.2 Å². The summed E-state index contributed by atoms with van der Waals surface area (Å²) in [6.45, 7) is 5.87. The first-order valence-electron chi connectivity index (χ1n) is 7.41. The zero-order valence-corrected chi connectivity index (χ0v) is 14.3. The fourth-order valence-corrected chi connectivity index (χ4v) is 4.14. The molecule has 1 aliphatic heterocycles. The Hall–Kier alpha value is -0.560. The molecule has 1 aromatic heterocycles. The number of amides is 1. The van der Waals surface area contributed by atoms with Gasteiger partial charge in [0.1, 0.15) is 0 Å². The van der Waals surface area contributed by atoms with Gasteiger partial charge in [0, 0.05) is 35.5 Å². The van der Waals surface area contributed by atoms with Crippen molar-refractivity contribution in [2.45, 2.75) is 38.5 Å². The van der Waals surface area contributed by atoms with Gasteiger partial charge in [0.05, 0.1) is 12.1 Å². The molecule has 2 heterocycles. The lowest BCUT2D eigenvalue weighted by molar-refractivity contribution is -0.126. The smallest absolute Gasteiger partial charge is 0.237 e. The maximum absolute atomic E-state index is 12.3. The average molecular weight is 329 g/mol. The SMILES string of the molecule is C[C@H](C[C@H](O)c1cccs1)NC(=O)[C@H](C)N1CCSCC1. The van der Waals surface area contributed by atoms with Gasteiger partial charge in [-0.3, -0.25) is 9.69 Å². The van der Waals surface area contributed by atoms with E-state index in [2.05, 4.69) is 10.2 Å². The van der Waals surface area contributed by atoms with E-state index in [9.17, 15) is 9.90 Å². The second-order valence-corrected chi connectivity index (χ2v) is 7.70. The van der Waals surface area contributed by atoms with Crippen LogP contribution in [0.2, 0.25) is 0 Å². The molecule has 1 amide bonds. The molecule has 0 spiro atoms. The van der Waals surface area contributed by atoms with E-state index >= 15 is 0 Å². The Labute approximate surface area is 134 Å². The summed E-state index contributed by atoms with van der Waals surface area (Å²) in [4.78, 5) is 15.5. The third kappa shape index (κ3) is 4.98. The number of carbonyl (C=O) groups excluding carboxylic acids is 1. The van der Waals surface area contributed by atoms with Crippen LogP contribution in [0.4, 0.5) is 0 Å². The van der Waals surface area contributed by atoms with Crippen molar-refractivity contribution in [3.05, 3.63) is 22.4 Å². The molecule has 0 radical (unpaired) electrons. The van der Waals surface area contributed by atoms with Crippen LogP contribution in [-0.2, 0) is 4.79 Å². The Morgan fingerprint density at radius 3 is 2.76 bits per heavy atom. The van der Waals surface area contributed by atoms with Gasteiger partial charge in [0.15, 0.2) is 0 Å². The first-order chi connectivity index (χ1) is 10.1. The fraction of sp³-hybridized carbons (Fsp3) is 0.667. The van der Waals surface area contributed by atoms with Gasteiger partial charge in [0.25, 0.3) is 0 Å². The first-order valence-corrected chi connectivity index (χ1v) is 9.45. The van der Waals surface area contributed by atoms with Crippen molar-refractivity contribution in [3.63, 3.8) is 0 Å². The molecule has 0 bridgehead atoms. The number of aliphatic hydroxyl groups is 1. The highest BCUT2D eigenvalue weighted by Gasteiger charge is 2.24. The highest BCUT2D eigenvalue weighted by atomic mass is 32.2. The van der Waals surface area contributed by atoms with Gasteiger partial charge in [-0.05, 0) is 31.7 Å². The summed E-state index contributed by atoms with van der Waals surface area (Å²) >= 11 is 3.49. The Morgan fingerprint density at radius 2 is 2.14 bits per heavy atom. The van der Waals surface area contributed by atoms with Gasteiger partial charge >= 0.3 is 0 Å². The number of nitrogens with one attached hydrogen (secondary N) is 1. The summed E-state index contributed by atoms with van der Waals surface area (Å²) in [5.41, 5.74) is 0. The van der Waals surface area contributed by atoms with Crippen LogP contribution in [0.3, 0.4) is 0 Å². The second-order valence-electron chi connectivity index (χ2n) is 5.50. The molecular weight excluding hydrogens is 304 g/mol. The maximum atomic E-state index is 12.3. The van der Waals surface area contributed by atoms with Crippen LogP contribution >= 0.6 is 23.1 Å². The van der Waals surface area contributed by atoms with E-state index in [0.29, 0.717) is 6.42 Å². The van der Waals surface area contributed by atoms with E-state index < -0.39 is 6.10 Å². The van der Waals surface area contributed by atoms with E-state index in [0.717, 1.165) is 29.5 Å².